The van der Waals surface area contributed by atoms with Crippen molar-refractivity contribution in [3.8, 4) is 0 Å². The average Bonchev–Trinajstić information content (AvgIpc) is 2.31. The van der Waals surface area contributed by atoms with Crippen LogP contribution >= 0.6 is 0 Å². The third-order valence-corrected chi connectivity index (χ3v) is 2.20. The van der Waals surface area contributed by atoms with Gasteiger partial charge in [-0.05, 0) is 12.8 Å². The van der Waals surface area contributed by atoms with E-state index in [9.17, 15) is 4.79 Å². The van der Waals surface area contributed by atoms with Gasteiger partial charge in [0.15, 0.2) is 0 Å². The number of rotatable bonds is 3. The molecule has 0 aromatic rings. The molecule has 11 heavy (non-hydrogen) atoms. The predicted molar refractivity (Wildman–Crippen MR) is 45.5 cm³/mol. The lowest BCUT2D eigenvalue weighted by molar-refractivity contribution is -0.120. The molecule has 2 nitrogen and oxygen atoms in total. The van der Waals surface area contributed by atoms with Crippen LogP contribution in [0.3, 0.4) is 0 Å². The number of carbonyl (C=O) groups is 1. The molecule has 0 aromatic heterocycles. The van der Waals surface area contributed by atoms with E-state index in [0.717, 1.165) is 25.8 Å². The van der Waals surface area contributed by atoms with Crippen molar-refractivity contribution in [2.45, 2.75) is 39.2 Å². The van der Waals surface area contributed by atoms with E-state index in [1.807, 2.05) is 0 Å². The second-order valence-corrected chi connectivity index (χ2v) is 3.62. The molecule has 1 unspecified atom stereocenters. The lowest BCUT2D eigenvalue weighted by Gasteiger charge is -2.11. The Morgan fingerprint density at radius 3 is 2.82 bits per heavy atom. The Kier molecular flexibility index (Phi) is 3.06. The van der Waals surface area contributed by atoms with Gasteiger partial charge in [0.2, 0.25) is 0 Å². The fraction of sp³-hybridized carbons (Fsp3) is 0.889. The maximum Gasteiger partial charge on any atom is 0.137 e. The molecule has 0 spiro atoms. The first-order chi connectivity index (χ1) is 5.20. The van der Waals surface area contributed by atoms with Crippen molar-refractivity contribution in [3.63, 3.8) is 0 Å². The minimum absolute atomic E-state index is 0.317. The van der Waals surface area contributed by atoms with Crippen molar-refractivity contribution in [2.24, 2.45) is 5.92 Å². The molecule has 1 atom stereocenters. The summed E-state index contributed by atoms with van der Waals surface area (Å²) in [7, 11) is 0. The van der Waals surface area contributed by atoms with E-state index < -0.39 is 0 Å². The van der Waals surface area contributed by atoms with Crippen molar-refractivity contribution in [2.75, 3.05) is 6.54 Å². The Morgan fingerprint density at radius 2 is 2.36 bits per heavy atom. The largest absolute Gasteiger partial charge is 0.314 e. The third-order valence-electron chi connectivity index (χ3n) is 2.20. The highest BCUT2D eigenvalue weighted by Crippen LogP contribution is 2.20. The summed E-state index contributed by atoms with van der Waals surface area (Å²) in [4.78, 5) is 11.1. The first-order valence-corrected chi connectivity index (χ1v) is 4.46. The van der Waals surface area contributed by atoms with E-state index in [-0.39, 0.29) is 0 Å². The van der Waals surface area contributed by atoms with Gasteiger partial charge in [-0.2, -0.15) is 0 Å². The molecular weight excluding hydrogens is 138 g/mol. The summed E-state index contributed by atoms with van der Waals surface area (Å²) in [5, 5.41) is 3.30. The molecule has 0 saturated heterocycles. The zero-order chi connectivity index (χ0) is 8.27. The van der Waals surface area contributed by atoms with Crippen LogP contribution in [0.5, 0.6) is 0 Å². The van der Waals surface area contributed by atoms with Crippen molar-refractivity contribution < 1.29 is 4.79 Å². The van der Waals surface area contributed by atoms with E-state index in [4.69, 9.17) is 0 Å². The van der Waals surface area contributed by atoms with E-state index in [1.54, 1.807) is 0 Å². The van der Waals surface area contributed by atoms with Crippen LogP contribution in [0.15, 0.2) is 0 Å². The maximum atomic E-state index is 11.1. The van der Waals surface area contributed by atoms with E-state index in [0.29, 0.717) is 17.7 Å². The molecule has 1 N–H and O–H groups in total. The molecule has 1 saturated carbocycles. The maximum absolute atomic E-state index is 11.1. The number of Topliss-reactive ketones (excluding diaryl/α,β-unsaturated/α-hetero) is 1. The van der Waals surface area contributed by atoms with Crippen molar-refractivity contribution in [1.29, 1.82) is 0 Å². The highest BCUT2D eigenvalue weighted by atomic mass is 16.1. The lowest BCUT2D eigenvalue weighted by Crippen LogP contribution is -2.30. The fourth-order valence-corrected chi connectivity index (χ4v) is 1.48. The quantitative estimate of drug-likeness (QED) is 0.666. The number of hydrogen-bond acceptors (Lipinski definition) is 2. The molecule has 0 aromatic carbocycles. The third kappa shape index (κ3) is 2.62. The molecule has 1 aliphatic carbocycles. The van der Waals surface area contributed by atoms with Gasteiger partial charge in [-0.3, -0.25) is 4.79 Å². The van der Waals surface area contributed by atoms with Crippen molar-refractivity contribution in [1.82, 2.24) is 5.32 Å². The van der Waals surface area contributed by atoms with Crippen LogP contribution in [0.1, 0.15) is 33.1 Å². The zero-order valence-electron chi connectivity index (χ0n) is 7.39. The first kappa shape index (κ1) is 8.72. The monoisotopic (exact) mass is 155 g/mol. The molecule has 0 radical (unpaired) electrons. The Hall–Kier alpha value is -0.370. The zero-order valence-corrected chi connectivity index (χ0v) is 7.39. The van der Waals surface area contributed by atoms with E-state index in [1.165, 1.54) is 0 Å². The summed E-state index contributed by atoms with van der Waals surface area (Å²) in [5.41, 5.74) is 0. The summed E-state index contributed by atoms with van der Waals surface area (Å²) >= 11 is 0. The summed E-state index contributed by atoms with van der Waals surface area (Å²) in [5.74, 6) is 0.774. The first-order valence-electron chi connectivity index (χ1n) is 4.46. The van der Waals surface area contributed by atoms with Crippen LogP contribution in [0.25, 0.3) is 0 Å². The number of hydrogen-bond donors (Lipinski definition) is 1. The molecule has 64 valence electrons. The predicted octanol–water partition coefficient (Wildman–Crippen LogP) is 1.35. The van der Waals surface area contributed by atoms with Gasteiger partial charge >= 0.3 is 0 Å². The molecule has 0 heterocycles. The topological polar surface area (TPSA) is 29.1 Å². The van der Waals surface area contributed by atoms with Gasteiger partial charge in [-0.25, -0.2) is 0 Å². The second-order valence-electron chi connectivity index (χ2n) is 3.62. The molecular formula is C9H17NO. The molecule has 1 rings (SSSR count). The summed E-state index contributed by atoms with van der Waals surface area (Å²) in [6.45, 7) is 5.11. The normalized spacial score (nSPS) is 25.0. The van der Waals surface area contributed by atoms with Crippen LogP contribution in [-0.2, 0) is 4.79 Å². The van der Waals surface area contributed by atoms with Gasteiger partial charge in [0, 0.05) is 24.9 Å². The summed E-state index contributed by atoms with van der Waals surface area (Å²) in [6, 6.07) is 0.503. The number of nitrogens with one attached hydrogen (secondary N) is 1. The van der Waals surface area contributed by atoms with Crippen LogP contribution in [0, 0.1) is 5.92 Å². The minimum atomic E-state index is 0.317. The Morgan fingerprint density at radius 1 is 1.64 bits per heavy atom. The molecule has 0 amide bonds. The summed E-state index contributed by atoms with van der Waals surface area (Å²) in [6.07, 6.45) is 3.01. The van der Waals surface area contributed by atoms with Crippen molar-refractivity contribution in [3.05, 3.63) is 0 Å². The molecule has 0 aliphatic heterocycles. The number of carbonyl (C=O) groups excluding carboxylic acids is 1. The minimum Gasteiger partial charge on any atom is -0.314 e. The van der Waals surface area contributed by atoms with Crippen LogP contribution in [-0.4, -0.2) is 18.4 Å². The Labute approximate surface area is 68.4 Å². The van der Waals surface area contributed by atoms with Crippen molar-refractivity contribution >= 4 is 5.78 Å². The van der Waals surface area contributed by atoms with Crippen LogP contribution in [0.2, 0.25) is 0 Å². The van der Waals surface area contributed by atoms with Gasteiger partial charge in [-0.15, -0.1) is 0 Å². The Balaban J connectivity index is 2.20. The standard InChI is InChI=1S/C9H17NO/c1-7(2)10-6-8-4-3-5-9(8)11/h7-8,10H,3-6H2,1-2H3. The van der Waals surface area contributed by atoms with Gasteiger partial charge in [-0.1, -0.05) is 13.8 Å². The van der Waals surface area contributed by atoms with E-state index >= 15 is 0 Å². The summed E-state index contributed by atoms with van der Waals surface area (Å²) < 4.78 is 0. The van der Waals surface area contributed by atoms with E-state index in [2.05, 4.69) is 19.2 Å². The lowest BCUT2D eigenvalue weighted by atomic mass is 10.1. The fourth-order valence-electron chi connectivity index (χ4n) is 1.48. The number of ketones is 1. The van der Waals surface area contributed by atoms with Gasteiger partial charge in [0.05, 0.1) is 0 Å². The van der Waals surface area contributed by atoms with Gasteiger partial charge < -0.3 is 5.32 Å². The molecule has 2 heteroatoms. The highest BCUT2D eigenvalue weighted by molar-refractivity contribution is 5.83. The molecule has 1 fully saturated rings. The smallest absolute Gasteiger partial charge is 0.137 e. The molecule has 1 aliphatic rings. The van der Waals surface area contributed by atoms with Gasteiger partial charge in [0.25, 0.3) is 0 Å². The SMILES string of the molecule is CC(C)NCC1CCCC1=O. The Bertz CT molecular complexity index is 142. The van der Waals surface area contributed by atoms with Gasteiger partial charge in [0.1, 0.15) is 5.78 Å². The second kappa shape index (κ2) is 3.86. The van der Waals surface area contributed by atoms with Crippen LogP contribution in [0.4, 0.5) is 0 Å². The average molecular weight is 155 g/mol. The molecule has 0 bridgehead atoms. The highest BCUT2D eigenvalue weighted by Gasteiger charge is 2.23. The van der Waals surface area contributed by atoms with Crippen LogP contribution < -0.4 is 5.32 Å².